The van der Waals surface area contributed by atoms with Crippen molar-refractivity contribution < 1.29 is 23.1 Å². The zero-order chi connectivity index (χ0) is 16.2. The molecule has 2 N–H and O–H groups in total. The van der Waals surface area contributed by atoms with Crippen LogP contribution in [0.2, 0.25) is 0 Å². The molecule has 0 spiro atoms. The molecule has 22 heavy (non-hydrogen) atoms. The molecule has 2 fully saturated rings. The minimum atomic E-state index is -4.30. The van der Waals surface area contributed by atoms with Crippen LogP contribution in [0.25, 0.3) is 0 Å². The van der Waals surface area contributed by atoms with Gasteiger partial charge in [0.2, 0.25) is 0 Å². The molecule has 0 amide bonds. The maximum Gasteiger partial charge on any atom is 0.416 e. The lowest BCUT2D eigenvalue weighted by molar-refractivity contribution is -0.137. The average molecular weight is 317 g/mol. The topological polar surface area (TPSA) is 65.5 Å². The largest absolute Gasteiger partial charge is 0.483 e. The molecule has 3 heterocycles. The molecule has 2 aliphatic rings. The van der Waals surface area contributed by atoms with Gasteiger partial charge in [-0.2, -0.15) is 13.2 Å². The van der Waals surface area contributed by atoms with Crippen LogP contribution < -0.4 is 10.2 Å². The second kappa shape index (κ2) is 6.95. The van der Waals surface area contributed by atoms with Crippen molar-refractivity contribution in [3.8, 4) is 0 Å². The Labute approximate surface area is 126 Å². The smallest absolute Gasteiger partial charge is 0.416 e. The van der Waals surface area contributed by atoms with Crippen LogP contribution in [-0.4, -0.2) is 42.7 Å². The van der Waals surface area contributed by atoms with Crippen LogP contribution in [0.4, 0.5) is 19.0 Å². The van der Waals surface area contributed by atoms with Crippen LogP contribution in [-0.2, 0) is 11.0 Å². The molecule has 0 radical (unpaired) electrons. The Morgan fingerprint density at radius 1 is 1.32 bits per heavy atom. The van der Waals surface area contributed by atoms with Gasteiger partial charge in [0, 0.05) is 19.3 Å². The van der Waals surface area contributed by atoms with Gasteiger partial charge in [0.15, 0.2) is 0 Å². The van der Waals surface area contributed by atoms with E-state index in [4.69, 9.17) is 9.90 Å². The van der Waals surface area contributed by atoms with Gasteiger partial charge in [0.1, 0.15) is 5.82 Å². The average Bonchev–Trinajstić information content (AvgIpc) is 2.47. The number of nitrogens with zero attached hydrogens (tertiary/aromatic N) is 2. The van der Waals surface area contributed by atoms with E-state index in [0.29, 0.717) is 17.7 Å². The first kappa shape index (κ1) is 16.5. The minimum Gasteiger partial charge on any atom is -0.483 e. The van der Waals surface area contributed by atoms with Crippen LogP contribution in [0.15, 0.2) is 18.3 Å². The van der Waals surface area contributed by atoms with E-state index >= 15 is 0 Å². The summed E-state index contributed by atoms with van der Waals surface area (Å²) in [4.78, 5) is 14.5. The van der Waals surface area contributed by atoms with Gasteiger partial charge in [-0.05, 0) is 43.5 Å². The number of aromatic nitrogens is 1. The third kappa shape index (κ3) is 4.09. The van der Waals surface area contributed by atoms with Crippen molar-refractivity contribution in [2.45, 2.75) is 12.6 Å². The van der Waals surface area contributed by atoms with Gasteiger partial charge in [-0.3, -0.25) is 4.79 Å². The summed E-state index contributed by atoms with van der Waals surface area (Å²) in [5.74, 6) is 1.49. The van der Waals surface area contributed by atoms with E-state index in [1.165, 1.54) is 12.6 Å². The number of pyridine rings is 1. The molecule has 2 atom stereocenters. The number of nitrogens with one attached hydrogen (secondary N) is 1. The predicted octanol–water partition coefficient (Wildman–Crippen LogP) is 1.85. The van der Waals surface area contributed by atoms with E-state index in [9.17, 15) is 13.2 Å². The molecule has 2 saturated heterocycles. The fraction of sp³-hybridized carbons (Fsp3) is 0.571. The lowest BCUT2D eigenvalue weighted by Crippen LogP contribution is -2.51. The van der Waals surface area contributed by atoms with Crippen molar-refractivity contribution in [3.63, 3.8) is 0 Å². The highest BCUT2D eigenvalue weighted by molar-refractivity contribution is 5.42. The van der Waals surface area contributed by atoms with Crippen LogP contribution in [0, 0.1) is 11.8 Å². The van der Waals surface area contributed by atoms with Crippen molar-refractivity contribution in [2.75, 3.05) is 31.1 Å². The molecule has 5 nitrogen and oxygen atoms in total. The lowest BCUT2D eigenvalue weighted by Gasteiger charge is -2.42. The van der Waals surface area contributed by atoms with E-state index in [1.807, 2.05) is 4.90 Å². The van der Waals surface area contributed by atoms with Gasteiger partial charge in [-0.1, -0.05) is 0 Å². The lowest BCUT2D eigenvalue weighted by atomic mass is 9.86. The normalized spacial score (nSPS) is 24.2. The van der Waals surface area contributed by atoms with Crippen molar-refractivity contribution in [1.82, 2.24) is 10.3 Å². The van der Waals surface area contributed by atoms with Crippen molar-refractivity contribution in [2.24, 2.45) is 11.8 Å². The second-order valence-corrected chi connectivity index (χ2v) is 5.54. The molecule has 2 unspecified atom stereocenters. The fourth-order valence-corrected chi connectivity index (χ4v) is 3.06. The zero-order valence-electron chi connectivity index (χ0n) is 11.9. The number of hydrogen-bond acceptors (Lipinski definition) is 4. The second-order valence-electron chi connectivity index (χ2n) is 5.54. The van der Waals surface area contributed by atoms with Gasteiger partial charge in [-0.25, -0.2) is 4.98 Å². The molecule has 1 aromatic heterocycles. The first-order chi connectivity index (χ1) is 10.4. The predicted molar refractivity (Wildman–Crippen MR) is 74.6 cm³/mol. The Bertz CT molecular complexity index is 498. The van der Waals surface area contributed by atoms with Gasteiger partial charge in [-0.15, -0.1) is 0 Å². The standard InChI is InChI=1S/C13H16F3N3.CH2O2/c14-13(15,16)11-1-2-18-12(4-11)19-7-9-3-10(8-19)6-17-5-9;2-1-3/h1-2,4,9-10,17H,3,5-8H2;1H,(H,2,3). The Hall–Kier alpha value is -1.83. The van der Waals surface area contributed by atoms with Crippen LogP contribution in [0.5, 0.6) is 0 Å². The first-order valence-electron chi connectivity index (χ1n) is 7.00. The SMILES string of the molecule is FC(F)(F)c1ccnc(N2CC3CNCC(C3)C2)c1.O=CO. The monoisotopic (exact) mass is 317 g/mol. The summed E-state index contributed by atoms with van der Waals surface area (Å²) >= 11 is 0. The van der Waals surface area contributed by atoms with E-state index in [2.05, 4.69) is 10.3 Å². The Kier molecular flexibility index (Phi) is 5.23. The molecular formula is C14H18F3N3O2. The van der Waals surface area contributed by atoms with E-state index in [0.717, 1.165) is 38.3 Å². The summed E-state index contributed by atoms with van der Waals surface area (Å²) < 4.78 is 38.1. The van der Waals surface area contributed by atoms with Gasteiger partial charge in [0.05, 0.1) is 5.56 Å². The molecule has 122 valence electrons. The first-order valence-corrected chi connectivity index (χ1v) is 7.00. The maximum absolute atomic E-state index is 12.7. The van der Waals surface area contributed by atoms with Crippen molar-refractivity contribution in [3.05, 3.63) is 23.9 Å². The maximum atomic E-state index is 12.7. The number of anilines is 1. The van der Waals surface area contributed by atoms with Gasteiger partial charge >= 0.3 is 6.18 Å². The molecule has 8 heteroatoms. The molecular weight excluding hydrogens is 299 g/mol. The zero-order valence-corrected chi connectivity index (χ0v) is 11.9. The third-order valence-corrected chi connectivity index (χ3v) is 3.89. The summed E-state index contributed by atoms with van der Waals surface area (Å²) in [7, 11) is 0. The van der Waals surface area contributed by atoms with Crippen LogP contribution in [0.1, 0.15) is 12.0 Å². The number of carboxylic acid groups (broad SMARTS) is 1. The number of piperidine rings is 2. The minimum absolute atomic E-state index is 0.250. The Morgan fingerprint density at radius 3 is 2.45 bits per heavy atom. The van der Waals surface area contributed by atoms with E-state index < -0.39 is 11.7 Å². The highest BCUT2D eigenvalue weighted by atomic mass is 19.4. The van der Waals surface area contributed by atoms with Crippen molar-refractivity contribution >= 4 is 12.3 Å². The Balaban J connectivity index is 0.000000545. The number of alkyl halides is 3. The fourth-order valence-electron chi connectivity index (χ4n) is 3.06. The van der Waals surface area contributed by atoms with Gasteiger partial charge in [0.25, 0.3) is 6.47 Å². The number of rotatable bonds is 1. The number of halogens is 3. The molecule has 1 aromatic rings. The van der Waals surface area contributed by atoms with E-state index in [-0.39, 0.29) is 6.47 Å². The third-order valence-electron chi connectivity index (χ3n) is 3.89. The highest BCUT2D eigenvalue weighted by Crippen LogP contribution is 2.32. The van der Waals surface area contributed by atoms with Gasteiger partial charge < -0.3 is 15.3 Å². The summed E-state index contributed by atoms with van der Waals surface area (Å²) in [6.07, 6.45) is -1.88. The summed E-state index contributed by atoms with van der Waals surface area (Å²) in [6, 6.07) is 2.18. The molecule has 3 rings (SSSR count). The summed E-state index contributed by atoms with van der Waals surface area (Å²) in [5, 5.41) is 10.3. The molecule has 0 aromatic carbocycles. The quantitative estimate of drug-likeness (QED) is 0.774. The van der Waals surface area contributed by atoms with Crippen molar-refractivity contribution in [1.29, 1.82) is 0 Å². The molecule has 0 aliphatic carbocycles. The molecule has 0 saturated carbocycles. The molecule has 2 bridgehead atoms. The molecule has 2 aliphatic heterocycles. The number of hydrogen-bond donors (Lipinski definition) is 2. The number of carbonyl (C=O) groups is 1. The summed E-state index contributed by atoms with van der Waals surface area (Å²) in [5.41, 5.74) is -0.619. The Morgan fingerprint density at radius 2 is 1.91 bits per heavy atom. The van der Waals surface area contributed by atoms with Crippen LogP contribution in [0.3, 0.4) is 0 Å². The van der Waals surface area contributed by atoms with E-state index in [1.54, 1.807) is 0 Å². The van der Waals surface area contributed by atoms with Crippen LogP contribution >= 0.6 is 0 Å². The number of fused-ring (bicyclic) bond motifs is 2. The highest BCUT2D eigenvalue weighted by Gasteiger charge is 2.34. The summed E-state index contributed by atoms with van der Waals surface area (Å²) in [6.45, 7) is 3.23.